The Morgan fingerprint density at radius 1 is 1.30 bits per heavy atom. The first-order valence-corrected chi connectivity index (χ1v) is 9.37. The van der Waals surface area contributed by atoms with Gasteiger partial charge in [0.1, 0.15) is 5.82 Å². The smallest absolute Gasteiger partial charge is 0.251 e. The van der Waals surface area contributed by atoms with E-state index in [1.54, 1.807) is 20.8 Å². The van der Waals surface area contributed by atoms with Crippen LogP contribution in [0.5, 0.6) is 0 Å². The number of H-pyrrole nitrogens is 1. The Balaban J connectivity index is 2.08. The Morgan fingerprint density at radius 2 is 2.00 bits per heavy atom. The van der Waals surface area contributed by atoms with Gasteiger partial charge >= 0.3 is 0 Å². The van der Waals surface area contributed by atoms with Gasteiger partial charge < -0.3 is 15.8 Å². The number of aromatic amines is 1. The summed E-state index contributed by atoms with van der Waals surface area (Å²) in [6.07, 6.45) is 2.52. The van der Waals surface area contributed by atoms with Crippen LogP contribution in [0.4, 0.5) is 10.1 Å². The molecule has 0 aliphatic heterocycles. The SMILES string of the molecule is C/C(Cc1cc(C(C)O)c(C)c(=O)[nH]1)=C1\CCCc2c(C)c(F)cc(N)c21. The molecule has 0 fully saturated rings. The Kier molecular flexibility index (Phi) is 5.24. The summed E-state index contributed by atoms with van der Waals surface area (Å²) in [5.41, 5.74) is 13.3. The second-order valence-corrected chi connectivity index (χ2v) is 7.60. The summed E-state index contributed by atoms with van der Waals surface area (Å²) in [6, 6.07) is 3.26. The summed E-state index contributed by atoms with van der Waals surface area (Å²) in [4.78, 5) is 15.1. The van der Waals surface area contributed by atoms with E-state index in [1.165, 1.54) is 6.07 Å². The number of halogens is 1. The summed E-state index contributed by atoms with van der Waals surface area (Å²) in [7, 11) is 0. The second-order valence-electron chi connectivity index (χ2n) is 7.60. The summed E-state index contributed by atoms with van der Waals surface area (Å²) < 4.78 is 14.1. The fourth-order valence-electron chi connectivity index (χ4n) is 4.11. The molecule has 0 saturated carbocycles. The summed E-state index contributed by atoms with van der Waals surface area (Å²) in [6.45, 7) is 7.21. The molecule has 1 heterocycles. The van der Waals surface area contributed by atoms with Crippen molar-refractivity contribution in [2.24, 2.45) is 0 Å². The highest BCUT2D eigenvalue weighted by Crippen LogP contribution is 2.39. The van der Waals surface area contributed by atoms with Crippen LogP contribution in [-0.4, -0.2) is 10.1 Å². The number of nitrogens with one attached hydrogen (secondary N) is 1. The first-order chi connectivity index (χ1) is 12.7. The van der Waals surface area contributed by atoms with E-state index in [0.29, 0.717) is 28.8 Å². The van der Waals surface area contributed by atoms with Crippen LogP contribution in [0, 0.1) is 19.7 Å². The number of nitrogens with two attached hydrogens (primary N) is 1. The minimum atomic E-state index is -0.698. The van der Waals surface area contributed by atoms with E-state index in [1.807, 2.05) is 13.0 Å². The highest BCUT2D eigenvalue weighted by atomic mass is 19.1. The van der Waals surface area contributed by atoms with Crippen LogP contribution in [0.3, 0.4) is 0 Å². The van der Waals surface area contributed by atoms with Crippen LogP contribution in [0.2, 0.25) is 0 Å². The molecule has 0 bridgehead atoms. The molecule has 3 rings (SSSR count). The Morgan fingerprint density at radius 3 is 2.67 bits per heavy atom. The average Bonchev–Trinajstić information content (AvgIpc) is 2.61. The summed E-state index contributed by atoms with van der Waals surface area (Å²) >= 11 is 0. The van der Waals surface area contributed by atoms with Crippen molar-refractivity contribution in [3.63, 3.8) is 0 Å². The van der Waals surface area contributed by atoms with E-state index in [0.717, 1.165) is 47.2 Å². The molecule has 1 aliphatic rings. The number of aliphatic hydroxyl groups is 1. The molecule has 2 aromatic rings. The van der Waals surface area contributed by atoms with Crippen molar-refractivity contribution in [1.82, 2.24) is 4.98 Å². The van der Waals surface area contributed by atoms with Gasteiger partial charge in [0.25, 0.3) is 5.56 Å². The van der Waals surface area contributed by atoms with Gasteiger partial charge in [-0.25, -0.2) is 4.39 Å². The lowest BCUT2D eigenvalue weighted by atomic mass is 9.81. The molecule has 1 aromatic carbocycles. The largest absolute Gasteiger partial charge is 0.398 e. The minimum Gasteiger partial charge on any atom is -0.398 e. The zero-order valence-corrected chi connectivity index (χ0v) is 16.4. The highest BCUT2D eigenvalue weighted by molar-refractivity contribution is 5.81. The van der Waals surface area contributed by atoms with Crippen molar-refractivity contribution < 1.29 is 9.50 Å². The number of anilines is 1. The molecule has 0 spiro atoms. The minimum absolute atomic E-state index is 0.178. The number of rotatable bonds is 3. The molecular weight excluding hydrogens is 343 g/mol. The summed E-state index contributed by atoms with van der Waals surface area (Å²) in [5, 5.41) is 9.94. The lowest BCUT2D eigenvalue weighted by molar-refractivity contribution is 0.198. The second kappa shape index (κ2) is 7.31. The maximum atomic E-state index is 14.1. The molecule has 144 valence electrons. The van der Waals surface area contributed by atoms with Gasteiger partial charge in [-0.3, -0.25) is 4.79 Å². The number of allylic oxidation sites excluding steroid dienone is 2. The standard InChI is InChI=1S/C22H27FN2O2/c1-11(8-15-9-18(14(4)26)13(3)22(27)25-15)16-6-5-7-17-12(2)19(23)10-20(24)21(16)17/h9-10,14,26H,5-8,24H2,1-4H3,(H,25,27)/b16-11-. The number of nitrogen functional groups attached to an aromatic ring is 1. The molecule has 5 heteroatoms. The lowest BCUT2D eigenvalue weighted by Crippen LogP contribution is -2.17. The van der Waals surface area contributed by atoms with E-state index in [2.05, 4.69) is 4.98 Å². The molecular formula is C22H27FN2O2. The molecule has 27 heavy (non-hydrogen) atoms. The monoisotopic (exact) mass is 370 g/mol. The van der Waals surface area contributed by atoms with E-state index < -0.39 is 6.10 Å². The average molecular weight is 370 g/mol. The molecule has 4 N–H and O–H groups in total. The molecule has 1 aliphatic carbocycles. The van der Waals surface area contributed by atoms with Crippen molar-refractivity contribution in [2.45, 2.75) is 59.5 Å². The Bertz CT molecular complexity index is 987. The molecule has 0 saturated heterocycles. The van der Waals surface area contributed by atoms with Crippen LogP contribution in [0.25, 0.3) is 5.57 Å². The fraction of sp³-hybridized carbons (Fsp3) is 0.409. The number of benzene rings is 1. The number of aliphatic hydroxyl groups excluding tert-OH is 1. The van der Waals surface area contributed by atoms with Crippen molar-refractivity contribution in [1.29, 1.82) is 0 Å². The third kappa shape index (κ3) is 3.56. The molecule has 4 nitrogen and oxygen atoms in total. The van der Waals surface area contributed by atoms with Crippen LogP contribution < -0.4 is 11.3 Å². The maximum absolute atomic E-state index is 14.1. The van der Waals surface area contributed by atoms with Gasteiger partial charge in [-0.05, 0) is 81.4 Å². The first-order valence-electron chi connectivity index (χ1n) is 9.37. The van der Waals surface area contributed by atoms with E-state index in [9.17, 15) is 14.3 Å². The van der Waals surface area contributed by atoms with Crippen LogP contribution in [0.1, 0.15) is 66.3 Å². The van der Waals surface area contributed by atoms with Crippen molar-refractivity contribution in [3.05, 3.63) is 67.4 Å². The van der Waals surface area contributed by atoms with Crippen molar-refractivity contribution >= 4 is 11.3 Å². The third-order valence-corrected chi connectivity index (χ3v) is 5.64. The predicted molar refractivity (Wildman–Crippen MR) is 107 cm³/mol. The molecule has 0 amide bonds. The quantitative estimate of drug-likeness (QED) is 0.711. The van der Waals surface area contributed by atoms with Crippen LogP contribution >= 0.6 is 0 Å². The maximum Gasteiger partial charge on any atom is 0.251 e. The predicted octanol–water partition coefficient (Wildman–Crippen LogP) is 4.12. The lowest BCUT2D eigenvalue weighted by Gasteiger charge is -2.25. The van der Waals surface area contributed by atoms with E-state index >= 15 is 0 Å². The number of aromatic nitrogens is 1. The van der Waals surface area contributed by atoms with Crippen molar-refractivity contribution in [3.8, 4) is 0 Å². The number of hydrogen-bond acceptors (Lipinski definition) is 3. The highest BCUT2D eigenvalue weighted by Gasteiger charge is 2.23. The number of fused-ring (bicyclic) bond motifs is 1. The zero-order valence-electron chi connectivity index (χ0n) is 16.4. The number of hydrogen-bond donors (Lipinski definition) is 3. The van der Waals surface area contributed by atoms with E-state index in [-0.39, 0.29) is 11.4 Å². The van der Waals surface area contributed by atoms with Gasteiger partial charge in [0.15, 0.2) is 0 Å². The first kappa shape index (κ1) is 19.4. The topological polar surface area (TPSA) is 79.1 Å². The van der Waals surface area contributed by atoms with Crippen LogP contribution in [-0.2, 0) is 12.8 Å². The zero-order chi connectivity index (χ0) is 19.9. The third-order valence-electron chi connectivity index (χ3n) is 5.64. The van der Waals surface area contributed by atoms with Gasteiger partial charge in [0.05, 0.1) is 6.10 Å². The fourth-order valence-corrected chi connectivity index (χ4v) is 4.11. The van der Waals surface area contributed by atoms with Gasteiger partial charge in [-0.2, -0.15) is 0 Å². The molecule has 1 aromatic heterocycles. The van der Waals surface area contributed by atoms with Crippen LogP contribution in [0.15, 0.2) is 22.5 Å². The van der Waals surface area contributed by atoms with Crippen molar-refractivity contribution in [2.75, 3.05) is 5.73 Å². The molecule has 1 atom stereocenters. The Labute approximate surface area is 158 Å². The van der Waals surface area contributed by atoms with Gasteiger partial charge in [0.2, 0.25) is 0 Å². The molecule has 0 radical (unpaired) electrons. The normalized spacial score (nSPS) is 16.8. The van der Waals surface area contributed by atoms with Gasteiger partial charge in [-0.15, -0.1) is 0 Å². The number of pyridine rings is 1. The van der Waals surface area contributed by atoms with E-state index in [4.69, 9.17) is 5.73 Å². The summed E-state index contributed by atoms with van der Waals surface area (Å²) in [5.74, 6) is -0.255. The van der Waals surface area contributed by atoms with Gasteiger partial charge in [-0.1, -0.05) is 5.57 Å². The van der Waals surface area contributed by atoms with Gasteiger partial charge in [0, 0.05) is 28.9 Å². The Hall–Kier alpha value is -2.40. The molecule has 1 unspecified atom stereocenters.